The minimum absolute atomic E-state index is 0.629. The van der Waals surface area contributed by atoms with Crippen LogP contribution >= 0.6 is 0 Å². The number of nitrogens with zero attached hydrogens (tertiary/aromatic N) is 4. The van der Waals surface area contributed by atoms with E-state index in [1.54, 1.807) is 25.5 Å². The van der Waals surface area contributed by atoms with Crippen molar-refractivity contribution in [2.45, 2.75) is 13.3 Å². The van der Waals surface area contributed by atoms with E-state index in [4.69, 9.17) is 4.52 Å². The van der Waals surface area contributed by atoms with Crippen molar-refractivity contribution in [3.63, 3.8) is 0 Å². The molecule has 0 saturated heterocycles. The molecular weight excluding hydrogens is 194 g/mol. The predicted octanol–water partition coefficient (Wildman–Crippen LogP) is 0.823. The van der Waals surface area contributed by atoms with E-state index in [0.29, 0.717) is 24.7 Å². The molecule has 2 aromatic rings. The monoisotopic (exact) mass is 205 g/mol. The Balaban J connectivity index is 1.80. The van der Waals surface area contributed by atoms with Gasteiger partial charge in [-0.2, -0.15) is 4.98 Å². The van der Waals surface area contributed by atoms with E-state index < -0.39 is 0 Å². The number of nitrogens with one attached hydrogen (secondary N) is 1. The molecule has 2 heterocycles. The van der Waals surface area contributed by atoms with Crippen LogP contribution in [0.2, 0.25) is 0 Å². The molecule has 0 unspecified atom stereocenters. The summed E-state index contributed by atoms with van der Waals surface area (Å²) < 4.78 is 4.97. The molecule has 2 aromatic heterocycles. The van der Waals surface area contributed by atoms with Crippen LogP contribution in [0.1, 0.15) is 11.7 Å². The fourth-order valence-corrected chi connectivity index (χ4v) is 1.13. The van der Waals surface area contributed by atoms with Gasteiger partial charge in [-0.25, -0.2) is 4.98 Å². The van der Waals surface area contributed by atoms with Gasteiger partial charge in [-0.3, -0.25) is 4.98 Å². The smallest absolute Gasteiger partial charge is 0.228 e. The third kappa shape index (κ3) is 2.73. The van der Waals surface area contributed by atoms with Crippen molar-refractivity contribution in [1.82, 2.24) is 20.1 Å². The molecule has 0 atom stereocenters. The van der Waals surface area contributed by atoms with Gasteiger partial charge in [-0.05, 0) is 6.92 Å². The highest BCUT2D eigenvalue weighted by atomic mass is 16.5. The molecule has 0 aliphatic carbocycles. The zero-order valence-corrected chi connectivity index (χ0v) is 8.34. The zero-order chi connectivity index (χ0) is 10.5. The van der Waals surface area contributed by atoms with E-state index in [1.807, 2.05) is 0 Å². The molecule has 0 aliphatic rings. The van der Waals surface area contributed by atoms with E-state index in [1.165, 1.54) is 0 Å². The summed E-state index contributed by atoms with van der Waals surface area (Å²) in [6.45, 7) is 2.49. The van der Waals surface area contributed by atoms with Crippen LogP contribution in [0.15, 0.2) is 23.1 Å². The van der Waals surface area contributed by atoms with E-state index in [9.17, 15) is 0 Å². The van der Waals surface area contributed by atoms with Crippen LogP contribution in [0.4, 0.5) is 5.82 Å². The van der Waals surface area contributed by atoms with Crippen molar-refractivity contribution in [3.05, 3.63) is 30.3 Å². The van der Waals surface area contributed by atoms with E-state index in [-0.39, 0.29) is 0 Å². The van der Waals surface area contributed by atoms with Crippen molar-refractivity contribution in [3.8, 4) is 0 Å². The van der Waals surface area contributed by atoms with Crippen molar-refractivity contribution >= 4 is 5.82 Å². The van der Waals surface area contributed by atoms with Gasteiger partial charge in [-0.1, -0.05) is 5.16 Å². The maximum atomic E-state index is 4.97. The van der Waals surface area contributed by atoms with Crippen LogP contribution in [0.5, 0.6) is 0 Å². The first kappa shape index (κ1) is 9.57. The van der Waals surface area contributed by atoms with Gasteiger partial charge in [0.1, 0.15) is 5.82 Å². The van der Waals surface area contributed by atoms with Crippen LogP contribution in [-0.4, -0.2) is 26.7 Å². The van der Waals surface area contributed by atoms with Gasteiger partial charge >= 0.3 is 0 Å². The molecule has 0 aliphatic heterocycles. The molecule has 0 radical (unpaired) electrons. The Labute approximate surface area is 86.8 Å². The van der Waals surface area contributed by atoms with Crippen molar-refractivity contribution in [2.75, 3.05) is 11.9 Å². The second-order valence-corrected chi connectivity index (χ2v) is 3.00. The molecular formula is C9H11N5O. The Kier molecular flexibility index (Phi) is 2.87. The van der Waals surface area contributed by atoms with Gasteiger partial charge in [0.05, 0.1) is 6.20 Å². The molecule has 78 valence electrons. The summed E-state index contributed by atoms with van der Waals surface area (Å²) in [4.78, 5) is 12.1. The molecule has 0 aromatic carbocycles. The summed E-state index contributed by atoms with van der Waals surface area (Å²) in [6.07, 6.45) is 5.61. The standard InChI is InChI=1S/C9H11N5O/c1-7-13-9(15-14-7)2-3-11-8-6-10-4-5-12-8/h4-6H,2-3H2,1H3,(H,11,12). The van der Waals surface area contributed by atoms with Gasteiger partial charge in [0, 0.05) is 25.4 Å². The lowest BCUT2D eigenvalue weighted by Crippen LogP contribution is -2.06. The van der Waals surface area contributed by atoms with Crippen LogP contribution in [0, 0.1) is 6.92 Å². The van der Waals surface area contributed by atoms with E-state index >= 15 is 0 Å². The Morgan fingerprint density at radius 2 is 2.33 bits per heavy atom. The third-order valence-corrected chi connectivity index (χ3v) is 1.78. The SMILES string of the molecule is Cc1noc(CCNc2cnccn2)n1. The molecule has 15 heavy (non-hydrogen) atoms. The Bertz CT molecular complexity index is 413. The van der Waals surface area contributed by atoms with Crippen molar-refractivity contribution in [1.29, 1.82) is 0 Å². The highest BCUT2D eigenvalue weighted by Gasteiger charge is 2.01. The summed E-state index contributed by atoms with van der Waals surface area (Å²) in [6, 6.07) is 0. The fraction of sp³-hybridized carbons (Fsp3) is 0.333. The quantitative estimate of drug-likeness (QED) is 0.796. The Hall–Kier alpha value is -1.98. The minimum atomic E-state index is 0.629. The summed E-state index contributed by atoms with van der Waals surface area (Å²) >= 11 is 0. The number of hydrogen-bond acceptors (Lipinski definition) is 6. The first-order valence-electron chi connectivity index (χ1n) is 4.63. The largest absolute Gasteiger partial charge is 0.368 e. The van der Waals surface area contributed by atoms with Crippen LogP contribution in [-0.2, 0) is 6.42 Å². The van der Waals surface area contributed by atoms with Crippen LogP contribution in [0.3, 0.4) is 0 Å². The molecule has 0 saturated carbocycles. The van der Waals surface area contributed by atoms with E-state index in [2.05, 4.69) is 25.4 Å². The molecule has 0 spiro atoms. The molecule has 6 nitrogen and oxygen atoms in total. The number of aromatic nitrogens is 4. The lowest BCUT2D eigenvalue weighted by Gasteiger charge is -2.01. The average Bonchev–Trinajstić information content (AvgIpc) is 2.66. The first-order chi connectivity index (χ1) is 7.34. The number of rotatable bonds is 4. The number of hydrogen-bond donors (Lipinski definition) is 1. The molecule has 2 rings (SSSR count). The second kappa shape index (κ2) is 4.50. The summed E-state index contributed by atoms with van der Waals surface area (Å²) in [5.41, 5.74) is 0. The Morgan fingerprint density at radius 1 is 1.40 bits per heavy atom. The normalized spacial score (nSPS) is 10.2. The fourth-order valence-electron chi connectivity index (χ4n) is 1.13. The van der Waals surface area contributed by atoms with E-state index in [0.717, 1.165) is 5.82 Å². The third-order valence-electron chi connectivity index (χ3n) is 1.78. The summed E-state index contributed by atoms with van der Waals surface area (Å²) in [5, 5.41) is 6.80. The number of aryl methyl sites for hydroxylation is 1. The molecule has 6 heteroatoms. The van der Waals surface area contributed by atoms with Gasteiger partial charge in [0.2, 0.25) is 5.89 Å². The highest BCUT2D eigenvalue weighted by molar-refractivity contribution is 5.29. The summed E-state index contributed by atoms with van der Waals surface area (Å²) in [7, 11) is 0. The van der Waals surface area contributed by atoms with Crippen molar-refractivity contribution < 1.29 is 4.52 Å². The van der Waals surface area contributed by atoms with Gasteiger partial charge in [-0.15, -0.1) is 0 Å². The highest BCUT2D eigenvalue weighted by Crippen LogP contribution is 2.00. The lowest BCUT2D eigenvalue weighted by atomic mass is 10.4. The number of anilines is 1. The molecule has 0 bridgehead atoms. The lowest BCUT2D eigenvalue weighted by molar-refractivity contribution is 0.377. The molecule has 0 amide bonds. The second-order valence-electron chi connectivity index (χ2n) is 3.00. The minimum Gasteiger partial charge on any atom is -0.368 e. The first-order valence-corrected chi connectivity index (χ1v) is 4.63. The topological polar surface area (TPSA) is 76.7 Å². The maximum Gasteiger partial charge on any atom is 0.228 e. The maximum absolute atomic E-state index is 4.97. The Morgan fingerprint density at radius 3 is 3.00 bits per heavy atom. The summed E-state index contributed by atoms with van der Waals surface area (Å²) in [5.74, 6) is 2.03. The van der Waals surface area contributed by atoms with Crippen molar-refractivity contribution in [2.24, 2.45) is 0 Å². The van der Waals surface area contributed by atoms with Crippen LogP contribution in [0.25, 0.3) is 0 Å². The van der Waals surface area contributed by atoms with Gasteiger partial charge in [0.25, 0.3) is 0 Å². The zero-order valence-electron chi connectivity index (χ0n) is 8.34. The van der Waals surface area contributed by atoms with Gasteiger partial charge < -0.3 is 9.84 Å². The average molecular weight is 205 g/mol. The van der Waals surface area contributed by atoms with Gasteiger partial charge in [0.15, 0.2) is 5.82 Å². The molecule has 1 N–H and O–H groups in total. The van der Waals surface area contributed by atoms with Crippen LogP contribution < -0.4 is 5.32 Å². The predicted molar refractivity (Wildman–Crippen MR) is 53.3 cm³/mol. The molecule has 0 fully saturated rings.